The molecule has 1 N–H and O–H groups in total. The average molecular weight is 278 g/mol. The van der Waals surface area contributed by atoms with Gasteiger partial charge in [-0.05, 0) is 25.5 Å². The first-order valence-electron chi connectivity index (χ1n) is 8.23. The van der Waals surface area contributed by atoms with Crippen molar-refractivity contribution < 1.29 is 4.42 Å². The van der Waals surface area contributed by atoms with Gasteiger partial charge in [-0.2, -0.15) is 0 Å². The Bertz CT molecular complexity index is 380. The third-order valence-electron chi connectivity index (χ3n) is 4.38. The maximum atomic E-state index is 5.74. The standard InChI is InChI=1S/C17H30N2O/c1-4-19(16-8-6-5-7-9-16)13-17-15(10-11-20-17)12-18-14(2)3/h10-11,14,16,18H,4-9,12-13H2,1-3H3. The summed E-state index contributed by atoms with van der Waals surface area (Å²) in [5.74, 6) is 1.14. The van der Waals surface area contributed by atoms with Gasteiger partial charge in [-0.3, -0.25) is 4.90 Å². The van der Waals surface area contributed by atoms with Gasteiger partial charge in [-0.15, -0.1) is 0 Å². The number of rotatable bonds is 7. The van der Waals surface area contributed by atoms with Crippen molar-refractivity contribution in [1.29, 1.82) is 0 Å². The van der Waals surface area contributed by atoms with Crippen LogP contribution in [0.1, 0.15) is 64.2 Å². The molecule has 20 heavy (non-hydrogen) atoms. The van der Waals surface area contributed by atoms with Crippen LogP contribution in [-0.4, -0.2) is 23.5 Å². The number of nitrogens with one attached hydrogen (secondary N) is 1. The molecule has 0 bridgehead atoms. The van der Waals surface area contributed by atoms with Gasteiger partial charge in [0.05, 0.1) is 12.8 Å². The van der Waals surface area contributed by atoms with E-state index < -0.39 is 0 Å². The Morgan fingerprint density at radius 2 is 2.05 bits per heavy atom. The second-order valence-electron chi connectivity index (χ2n) is 6.26. The van der Waals surface area contributed by atoms with Crippen molar-refractivity contribution in [2.45, 2.75) is 78.0 Å². The molecule has 0 saturated heterocycles. The molecule has 114 valence electrons. The molecule has 0 amide bonds. The molecule has 0 aliphatic heterocycles. The molecule has 0 unspecified atom stereocenters. The fourth-order valence-electron chi connectivity index (χ4n) is 3.11. The molecule has 1 heterocycles. The summed E-state index contributed by atoms with van der Waals surface area (Å²) < 4.78 is 5.74. The van der Waals surface area contributed by atoms with Gasteiger partial charge in [0.2, 0.25) is 0 Å². The van der Waals surface area contributed by atoms with E-state index >= 15 is 0 Å². The summed E-state index contributed by atoms with van der Waals surface area (Å²) in [5.41, 5.74) is 1.31. The number of hydrogen-bond acceptors (Lipinski definition) is 3. The summed E-state index contributed by atoms with van der Waals surface area (Å²) in [5, 5.41) is 3.48. The Morgan fingerprint density at radius 1 is 1.30 bits per heavy atom. The van der Waals surface area contributed by atoms with Crippen molar-refractivity contribution >= 4 is 0 Å². The van der Waals surface area contributed by atoms with Gasteiger partial charge < -0.3 is 9.73 Å². The Morgan fingerprint density at radius 3 is 2.70 bits per heavy atom. The van der Waals surface area contributed by atoms with E-state index in [0.29, 0.717) is 6.04 Å². The minimum Gasteiger partial charge on any atom is -0.468 e. The highest BCUT2D eigenvalue weighted by Crippen LogP contribution is 2.24. The highest BCUT2D eigenvalue weighted by atomic mass is 16.3. The number of nitrogens with zero attached hydrogens (tertiary/aromatic N) is 1. The molecule has 3 nitrogen and oxygen atoms in total. The van der Waals surface area contributed by atoms with Crippen LogP contribution in [-0.2, 0) is 13.1 Å². The lowest BCUT2D eigenvalue weighted by Crippen LogP contribution is -2.36. The Hall–Kier alpha value is -0.800. The van der Waals surface area contributed by atoms with E-state index in [0.717, 1.165) is 31.4 Å². The lowest BCUT2D eigenvalue weighted by molar-refractivity contribution is 0.145. The van der Waals surface area contributed by atoms with E-state index in [4.69, 9.17) is 4.42 Å². The van der Waals surface area contributed by atoms with Gasteiger partial charge in [0, 0.05) is 24.2 Å². The average Bonchev–Trinajstić information content (AvgIpc) is 2.90. The fraction of sp³-hybridized carbons (Fsp3) is 0.765. The highest BCUT2D eigenvalue weighted by molar-refractivity contribution is 5.17. The zero-order valence-electron chi connectivity index (χ0n) is 13.3. The second kappa shape index (κ2) is 7.84. The molecule has 1 saturated carbocycles. The Balaban J connectivity index is 1.94. The van der Waals surface area contributed by atoms with Gasteiger partial charge in [-0.1, -0.05) is 40.0 Å². The summed E-state index contributed by atoms with van der Waals surface area (Å²) in [6.45, 7) is 9.61. The van der Waals surface area contributed by atoms with Gasteiger partial charge in [0.15, 0.2) is 0 Å². The van der Waals surface area contributed by atoms with Gasteiger partial charge >= 0.3 is 0 Å². The van der Waals surface area contributed by atoms with Crippen LogP contribution in [0, 0.1) is 0 Å². The topological polar surface area (TPSA) is 28.4 Å². The molecule has 0 aromatic carbocycles. The summed E-state index contributed by atoms with van der Waals surface area (Å²) in [4.78, 5) is 2.59. The normalized spacial score (nSPS) is 17.2. The third kappa shape index (κ3) is 4.35. The van der Waals surface area contributed by atoms with Crippen LogP contribution in [0.4, 0.5) is 0 Å². The first-order chi connectivity index (χ1) is 9.70. The lowest BCUT2D eigenvalue weighted by Gasteiger charge is -2.33. The molecular formula is C17H30N2O. The van der Waals surface area contributed by atoms with Crippen molar-refractivity contribution in [3.8, 4) is 0 Å². The van der Waals surface area contributed by atoms with E-state index in [2.05, 4.69) is 37.1 Å². The Kier molecular flexibility index (Phi) is 6.11. The minimum absolute atomic E-state index is 0.512. The number of furan rings is 1. The summed E-state index contributed by atoms with van der Waals surface area (Å²) >= 11 is 0. The monoisotopic (exact) mass is 278 g/mol. The molecule has 0 radical (unpaired) electrons. The Labute approximate surface area is 123 Å². The summed E-state index contributed by atoms with van der Waals surface area (Å²) in [6, 6.07) is 3.38. The van der Waals surface area contributed by atoms with Gasteiger partial charge in [0.25, 0.3) is 0 Å². The summed E-state index contributed by atoms with van der Waals surface area (Å²) in [6.07, 6.45) is 8.74. The van der Waals surface area contributed by atoms with Crippen LogP contribution >= 0.6 is 0 Å². The molecular weight excluding hydrogens is 248 g/mol. The second-order valence-corrected chi connectivity index (χ2v) is 6.26. The van der Waals surface area contributed by atoms with Crippen LogP contribution in [0.15, 0.2) is 16.7 Å². The molecule has 1 aromatic heterocycles. The molecule has 1 aliphatic carbocycles. The quantitative estimate of drug-likeness (QED) is 0.819. The molecule has 1 aromatic rings. The van der Waals surface area contributed by atoms with Crippen LogP contribution in [0.5, 0.6) is 0 Å². The van der Waals surface area contributed by atoms with E-state index in [-0.39, 0.29) is 0 Å². The van der Waals surface area contributed by atoms with Crippen LogP contribution in [0.25, 0.3) is 0 Å². The van der Waals surface area contributed by atoms with E-state index in [1.165, 1.54) is 37.7 Å². The van der Waals surface area contributed by atoms with Crippen LogP contribution in [0.2, 0.25) is 0 Å². The molecule has 0 spiro atoms. The first kappa shape index (κ1) is 15.6. The third-order valence-corrected chi connectivity index (χ3v) is 4.38. The highest BCUT2D eigenvalue weighted by Gasteiger charge is 2.21. The molecule has 1 fully saturated rings. The smallest absolute Gasteiger partial charge is 0.122 e. The maximum absolute atomic E-state index is 5.74. The zero-order chi connectivity index (χ0) is 14.4. The maximum Gasteiger partial charge on any atom is 0.122 e. The van der Waals surface area contributed by atoms with Crippen molar-refractivity contribution in [1.82, 2.24) is 10.2 Å². The van der Waals surface area contributed by atoms with Crippen LogP contribution in [0.3, 0.4) is 0 Å². The van der Waals surface area contributed by atoms with Crippen molar-refractivity contribution in [2.75, 3.05) is 6.54 Å². The van der Waals surface area contributed by atoms with Crippen molar-refractivity contribution in [3.63, 3.8) is 0 Å². The first-order valence-corrected chi connectivity index (χ1v) is 8.23. The van der Waals surface area contributed by atoms with E-state index in [1.807, 2.05) is 6.26 Å². The predicted octanol–water partition coefficient (Wildman–Crippen LogP) is 3.93. The van der Waals surface area contributed by atoms with E-state index in [9.17, 15) is 0 Å². The molecule has 1 aliphatic rings. The lowest BCUT2D eigenvalue weighted by atomic mass is 9.94. The van der Waals surface area contributed by atoms with Crippen molar-refractivity contribution in [3.05, 3.63) is 23.7 Å². The molecule has 0 atom stereocenters. The predicted molar refractivity (Wildman–Crippen MR) is 83.6 cm³/mol. The zero-order valence-corrected chi connectivity index (χ0v) is 13.3. The fourth-order valence-corrected chi connectivity index (χ4v) is 3.11. The summed E-state index contributed by atoms with van der Waals surface area (Å²) in [7, 11) is 0. The van der Waals surface area contributed by atoms with Crippen molar-refractivity contribution in [2.24, 2.45) is 0 Å². The van der Waals surface area contributed by atoms with E-state index in [1.54, 1.807) is 0 Å². The number of hydrogen-bond donors (Lipinski definition) is 1. The largest absolute Gasteiger partial charge is 0.468 e. The van der Waals surface area contributed by atoms with Crippen LogP contribution < -0.4 is 5.32 Å². The minimum atomic E-state index is 0.512. The molecule has 3 heteroatoms. The van der Waals surface area contributed by atoms with Gasteiger partial charge in [0.1, 0.15) is 5.76 Å². The van der Waals surface area contributed by atoms with Gasteiger partial charge in [-0.25, -0.2) is 0 Å². The SMILES string of the molecule is CCN(Cc1occc1CNC(C)C)C1CCCCC1. The molecule has 2 rings (SSSR count).